The molecule has 0 radical (unpaired) electrons. The molecular weight excluding hydrogens is 404 g/mol. The van der Waals surface area contributed by atoms with Crippen molar-refractivity contribution in [1.29, 1.82) is 0 Å². The third-order valence-corrected chi connectivity index (χ3v) is 6.31. The largest absolute Gasteiger partial charge is 0.497 e. The van der Waals surface area contributed by atoms with Crippen molar-refractivity contribution in [3.8, 4) is 5.75 Å². The maximum Gasteiger partial charge on any atom is 0.341 e. The zero-order valence-corrected chi connectivity index (χ0v) is 18.2. The monoisotopic (exact) mass is 430 g/mol. The lowest BCUT2D eigenvalue weighted by molar-refractivity contribution is -0.120. The first-order chi connectivity index (χ1) is 14.4. The van der Waals surface area contributed by atoms with Gasteiger partial charge in [-0.15, -0.1) is 11.3 Å². The van der Waals surface area contributed by atoms with Gasteiger partial charge in [0.2, 0.25) is 11.8 Å². The molecule has 2 N–H and O–H groups in total. The number of rotatable bonds is 7. The number of benzene rings is 1. The molecule has 8 heteroatoms. The van der Waals surface area contributed by atoms with Crippen LogP contribution in [0.3, 0.4) is 0 Å². The van der Waals surface area contributed by atoms with E-state index in [2.05, 4.69) is 10.6 Å². The lowest BCUT2D eigenvalue weighted by atomic mass is 9.95. The van der Waals surface area contributed by atoms with E-state index in [1.54, 1.807) is 19.2 Å². The number of hydrogen-bond donors (Lipinski definition) is 2. The molecular formula is C22H26N2O5S. The summed E-state index contributed by atoms with van der Waals surface area (Å²) in [5, 5.41) is 6.22. The van der Waals surface area contributed by atoms with Gasteiger partial charge in [0, 0.05) is 11.8 Å². The smallest absolute Gasteiger partial charge is 0.341 e. The Morgan fingerprint density at radius 1 is 1.10 bits per heavy atom. The van der Waals surface area contributed by atoms with Crippen molar-refractivity contribution in [3.05, 3.63) is 45.8 Å². The minimum absolute atomic E-state index is 0.0368. The van der Waals surface area contributed by atoms with E-state index in [4.69, 9.17) is 9.47 Å². The number of carbonyl (C=O) groups excluding carboxylic acids is 3. The second-order valence-electron chi connectivity index (χ2n) is 7.19. The van der Waals surface area contributed by atoms with E-state index in [1.807, 2.05) is 12.1 Å². The topological polar surface area (TPSA) is 93.7 Å². The molecule has 30 heavy (non-hydrogen) atoms. The molecule has 2 aromatic rings. The van der Waals surface area contributed by atoms with Crippen LogP contribution in [0, 0.1) is 0 Å². The maximum absolute atomic E-state index is 12.8. The van der Waals surface area contributed by atoms with Crippen molar-refractivity contribution in [2.75, 3.05) is 19.5 Å². The van der Waals surface area contributed by atoms with Crippen molar-refractivity contribution in [1.82, 2.24) is 5.32 Å². The molecule has 0 bridgehead atoms. The first-order valence-corrected chi connectivity index (χ1v) is 10.7. The van der Waals surface area contributed by atoms with Gasteiger partial charge in [0.15, 0.2) is 0 Å². The van der Waals surface area contributed by atoms with Crippen LogP contribution in [0.4, 0.5) is 5.00 Å². The van der Waals surface area contributed by atoms with E-state index in [0.29, 0.717) is 16.3 Å². The Kier molecular flexibility index (Phi) is 7.10. The Morgan fingerprint density at radius 3 is 2.43 bits per heavy atom. The average molecular weight is 431 g/mol. The molecule has 1 unspecified atom stereocenters. The molecule has 1 heterocycles. The Bertz CT molecular complexity index is 936. The van der Waals surface area contributed by atoms with Crippen LogP contribution in [-0.4, -0.2) is 32.0 Å². The molecule has 1 atom stereocenters. The highest BCUT2D eigenvalue weighted by molar-refractivity contribution is 7.17. The first-order valence-electron chi connectivity index (χ1n) is 9.86. The van der Waals surface area contributed by atoms with Gasteiger partial charge in [0.05, 0.1) is 32.2 Å². The number of nitrogens with one attached hydrogen (secondary N) is 2. The van der Waals surface area contributed by atoms with Crippen LogP contribution < -0.4 is 15.4 Å². The number of thiophene rings is 1. The molecule has 0 saturated heterocycles. The van der Waals surface area contributed by atoms with E-state index in [0.717, 1.165) is 41.7 Å². The summed E-state index contributed by atoms with van der Waals surface area (Å²) in [4.78, 5) is 38.0. The summed E-state index contributed by atoms with van der Waals surface area (Å²) >= 11 is 1.44. The second kappa shape index (κ2) is 9.75. The van der Waals surface area contributed by atoms with Crippen LogP contribution in [0.2, 0.25) is 0 Å². The van der Waals surface area contributed by atoms with E-state index in [9.17, 15) is 14.4 Å². The van der Waals surface area contributed by atoms with Crippen LogP contribution in [-0.2, 0) is 27.2 Å². The quantitative estimate of drug-likeness (QED) is 0.655. The number of esters is 1. The van der Waals surface area contributed by atoms with Crippen molar-refractivity contribution < 1.29 is 23.9 Å². The predicted octanol–water partition coefficient (Wildman–Crippen LogP) is 3.63. The fourth-order valence-corrected chi connectivity index (χ4v) is 4.96. The summed E-state index contributed by atoms with van der Waals surface area (Å²) in [5.74, 6) is -0.256. The van der Waals surface area contributed by atoms with Crippen LogP contribution in [0.5, 0.6) is 5.75 Å². The fraction of sp³-hybridized carbons (Fsp3) is 0.409. The summed E-state index contributed by atoms with van der Waals surface area (Å²) in [5.41, 5.74) is 2.24. The molecule has 1 aliphatic rings. The predicted molar refractivity (Wildman–Crippen MR) is 115 cm³/mol. The number of ether oxygens (including phenoxy) is 2. The molecule has 3 rings (SSSR count). The van der Waals surface area contributed by atoms with Gasteiger partial charge in [0.25, 0.3) is 0 Å². The van der Waals surface area contributed by atoms with Gasteiger partial charge < -0.3 is 20.1 Å². The number of carbonyl (C=O) groups is 3. The van der Waals surface area contributed by atoms with E-state index < -0.39 is 12.0 Å². The third kappa shape index (κ3) is 4.99. The molecule has 160 valence electrons. The van der Waals surface area contributed by atoms with Crippen LogP contribution in [0.15, 0.2) is 24.3 Å². The van der Waals surface area contributed by atoms with Crippen LogP contribution >= 0.6 is 11.3 Å². The molecule has 0 aliphatic heterocycles. The number of aryl methyl sites for hydroxylation is 1. The number of hydrogen-bond acceptors (Lipinski definition) is 6. The van der Waals surface area contributed by atoms with Crippen molar-refractivity contribution in [2.24, 2.45) is 0 Å². The zero-order valence-electron chi connectivity index (χ0n) is 17.4. The zero-order chi connectivity index (χ0) is 21.7. The maximum atomic E-state index is 12.8. The Balaban J connectivity index is 1.80. The van der Waals surface area contributed by atoms with Gasteiger partial charge in [-0.1, -0.05) is 12.1 Å². The van der Waals surface area contributed by atoms with E-state index in [-0.39, 0.29) is 18.2 Å². The highest BCUT2D eigenvalue weighted by Crippen LogP contribution is 2.38. The Morgan fingerprint density at radius 2 is 1.80 bits per heavy atom. The van der Waals surface area contributed by atoms with Gasteiger partial charge in [0.1, 0.15) is 10.8 Å². The SMILES string of the molecule is COC(=O)c1c(NC(=O)CC(NC(C)=O)c2ccc(OC)cc2)sc2c1CCCC2. The van der Waals surface area contributed by atoms with Gasteiger partial charge >= 0.3 is 5.97 Å². The highest BCUT2D eigenvalue weighted by atomic mass is 32.1. The molecule has 1 aromatic carbocycles. The number of amides is 2. The van der Waals surface area contributed by atoms with E-state index in [1.165, 1.54) is 25.4 Å². The average Bonchev–Trinajstić information content (AvgIpc) is 3.10. The van der Waals surface area contributed by atoms with Crippen LogP contribution in [0.25, 0.3) is 0 Å². The van der Waals surface area contributed by atoms with Gasteiger partial charge in [-0.05, 0) is 48.9 Å². The van der Waals surface area contributed by atoms with Gasteiger partial charge in [-0.25, -0.2) is 4.79 Å². The molecule has 0 fully saturated rings. The molecule has 2 amide bonds. The molecule has 1 aliphatic carbocycles. The first kappa shape index (κ1) is 21.8. The minimum atomic E-state index is -0.496. The summed E-state index contributed by atoms with van der Waals surface area (Å²) in [6, 6.07) is 6.70. The van der Waals surface area contributed by atoms with Gasteiger partial charge in [-0.2, -0.15) is 0 Å². The molecule has 1 aromatic heterocycles. The molecule has 0 saturated carbocycles. The number of methoxy groups -OCH3 is 2. The van der Waals surface area contributed by atoms with Crippen molar-refractivity contribution in [3.63, 3.8) is 0 Å². The summed E-state index contributed by atoms with van der Waals surface area (Å²) < 4.78 is 10.1. The highest BCUT2D eigenvalue weighted by Gasteiger charge is 2.27. The Labute approximate surface area is 179 Å². The summed E-state index contributed by atoms with van der Waals surface area (Å²) in [7, 11) is 2.92. The number of fused-ring (bicyclic) bond motifs is 1. The normalized spacial score (nSPS) is 13.7. The van der Waals surface area contributed by atoms with Crippen molar-refractivity contribution >= 4 is 34.1 Å². The standard InChI is InChI=1S/C22H26N2O5S/c1-13(25)23-17(14-8-10-15(28-2)11-9-14)12-19(26)24-21-20(22(27)29-3)16-6-4-5-7-18(16)30-21/h8-11,17H,4-7,12H2,1-3H3,(H,23,25)(H,24,26). The Hall–Kier alpha value is -2.87. The van der Waals surface area contributed by atoms with Crippen LogP contribution in [0.1, 0.15) is 58.6 Å². The third-order valence-electron chi connectivity index (χ3n) is 5.10. The fourth-order valence-electron chi connectivity index (χ4n) is 3.67. The summed E-state index contributed by atoms with van der Waals surface area (Å²) in [6.07, 6.45) is 3.84. The second-order valence-corrected chi connectivity index (χ2v) is 8.29. The number of anilines is 1. The van der Waals surface area contributed by atoms with E-state index >= 15 is 0 Å². The molecule has 7 nitrogen and oxygen atoms in total. The van der Waals surface area contributed by atoms with Crippen molar-refractivity contribution in [2.45, 2.75) is 45.1 Å². The summed E-state index contributed by atoms with van der Waals surface area (Å²) in [6.45, 7) is 1.41. The van der Waals surface area contributed by atoms with Gasteiger partial charge in [-0.3, -0.25) is 9.59 Å². The lowest BCUT2D eigenvalue weighted by Gasteiger charge is -2.18. The molecule has 0 spiro atoms. The minimum Gasteiger partial charge on any atom is -0.497 e. The lowest BCUT2D eigenvalue weighted by Crippen LogP contribution is -2.29.